The first-order valence-corrected chi connectivity index (χ1v) is 8.74. The summed E-state index contributed by atoms with van der Waals surface area (Å²) in [5, 5.41) is 3.94. The minimum Gasteiger partial charge on any atom is -0.322 e. The Kier molecular flexibility index (Phi) is 6.00. The number of hydrogen-bond acceptors (Lipinski definition) is 1. The van der Waals surface area contributed by atoms with Crippen LogP contribution in [0.25, 0.3) is 0 Å². The van der Waals surface area contributed by atoms with Crippen LogP contribution in [0.5, 0.6) is 0 Å². The van der Waals surface area contributed by atoms with Crippen LogP contribution >= 0.6 is 31.9 Å². The lowest BCUT2D eigenvalue weighted by Crippen LogP contribution is -2.12. The number of nitrogens with one attached hydrogen (secondary N) is 1. The molecule has 0 fully saturated rings. The van der Waals surface area contributed by atoms with Crippen molar-refractivity contribution in [1.29, 1.82) is 0 Å². The summed E-state index contributed by atoms with van der Waals surface area (Å²) >= 11 is 6.88. The van der Waals surface area contributed by atoms with Crippen LogP contribution in [0.4, 0.5) is 5.69 Å². The van der Waals surface area contributed by atoms with E-state index in [1.807, 2.05) is 43.3 Å². The molecule has 0 saturated carbocycles. The summed E-state index contributed by atoms with van der Waals surface area (Å²) in [6.07, 6.45) is 2.09. The van der Waals surface area contributed by atoms with E-state index in [9.17, 15) is 4.79 Å². The van der Waals surface area contributed by atoms with Gasteiger partial charge in [-0.25, -0.2) is 0 Å². The van der Waals surface area contributed by atoms with Crippen LogP contribution in [0, 0.1) is 6.92 Å². The van der Waals surface area contributed by atoms with Gasteiger partial charge in [0.1, 0.15) is 0 Å². The van der Waals surface area contributed by atoms with E-state index in [-0.39, 0.29) is 5.91 Å². The third kappa shape index (κ3) is 4.68. The fourth-order valence-electron chi connectivity index (χ4n) is 2.08. The Balaban J connectivity index is 2.12. The van der Waals surface area contributed by atoms with Crippen molar-refractivity contribution in [3.05, 3.63) is 63.6 Å². The summed E-state index contributed by atoms with van der Waals surface area (Å²) < 4.78 is 0.815. The topological polar surface area (TPSA) is 29.1 Å². The van der Waals surface area contributed by atoms with Crippen LogP contribution in [-0.2, 0) is 6.42 Å². The maximum absolute atomic E-state index is 12.3. The third-order valence-corrected chi connectivity index (χ3v) is 4.37. The average Bonchev–Trinajstić information content (AvgIpc) is 2.45. The molecule has 110 valence electrons. The molecule has 2 aromatic rings. The van der Waals surface area contributed by atoms with Gasteiger partial charge >= 0.3 is 0 Å². The molecule has 2 nitrogen and oxygen atoms in total. The summed E-state index contributed by atoms with van der Waals surface area (Å²) in [5.41, 5.74) is 3.83. The highest BCUT2D eigenvalue weighted by Gasteiger charge is 2.10. The van der Waals surface area contributed by atoms with Crippen molar-refractivity contribution in [3.63, 3.8) is 0 Å². The Morgan fingerprint density at radius 3 is 2.71 bits per heavy atom. The van der Waals surface area contributed by atoms with Crippen molar-refractivity contribution in [2.75, 3.05) is 10.6 Å². The standard InChI is InChI=1S/C17H17Br2NO/c1-12-7-8-15(16(19)10-12)17(21)20-14-6-2-4-13(11-14)5-3-9-18/h2,4,6-8,10-11H,3,5,9H2,1H3,(H,20,21). The number of aryl methyl sites for hydroxylation is 2. The Bertz CT molecular complexity index is 640. The third-order valence-electron chi connectivity index (χ3n) is 3.15. The molecule has 0 aliphatic rings. The fraction of sp³-hybridized carbons (Fsp3) is 0.235. The summed E-state index contributed by atoms with van der Waals surface area (Å²) in [6, 6.07) is 13.7. The lowest BCUT2D eigenvalue weighted by atomic mass is 10.1. The molecule has 2 rings (SSSR count). The number of amides is 1. The molecule has 0 saturated heterocycles. The normalized spacial score (nSPS) is 10.4. The van der Waals surface area contributed by atoms with Crippen molar-refractivity contribution in [2.24, 2.45) is 0 Å². The predicted octanol–water partition coefficient (Wildman–Crippen LogP) is 5.34. The SMILES string of the molecule is Cc1ccc(C(=O)Nc2cccc(CCCBr)c2)c(Br)c1. The quantitative estimate of drug-likeness (QED) is 0.662. The fourth-order valence-corrected chi connectivity index (χ4v) is 3.03. The van der Waals surface area contributed by atoms with Crippen LogP contribution in [0.15, 0.2) is 46.9 Å². The number of halogens is 2. The second-order valence-corrected chi connectivity index (χ2v) is 6.58. The number of anilines is 1. The number of alkyl halides is 1. The van der Waals surface area contributed by atoms with E-state index in [4.69, 9.17) is 0 Å². The first-order valence-electron chi connectivity index (χ1n) is 6.82. The van der Waals surface area contributed by atoms with Crippen LogP contribution < -0.4 is 5.32 Å². The molecule has 0 aliphatic heterocycles. The number of rotatable bonds is 5. The van der Waals surface area contributed by atoms with Gasteiger partial charge in [-0.3, -0.25) is 4.79 Å². The zero-order chi connectivity index (χ0) is 15.2. The number of carbonyl (C=O) groups is 1. The minimum absolute atomic E-state index is 0.0977. The molecule has 4 heteroatoms. The molecule has 0 unspecified atom stereocenters. The average molecular weight is 411 g/mol. The number of benzene rings is 2. The van der Waals surface area contributed by atoms with Crippen LogP contribution in [0.2, 0.25) is 0 Å². The van der Waals surface area contributed by atoms with Crippen molar-refractivity contribution in [1.82, 2.24) is 0 Å². The van der Waals surface area contributed by atoms with Crippen LogP contribution in [0.1, 0.15) is 27.9 Å². The molecular formula is C17H17Br2NO. The second-order valence-electron chi connectivity index (χ2n) is 4.93. The highest BCUT2D eigenvalue weighted by atomic mass is 79.9. The predicted molar refractivity (Wildman–Crippen MR) is 95.4 cm³/mol. The molecule has 0 aliphatic carbocycles. The second kappa shape index (κ2) is 7.76. The van der Waals surface area contributed by atoms with Crippen molar-refractivity contribution < 1.29 is 4.79 Å². The molecule has 0 radical (unpaired) electrons. The minimum atomic E-state index is -0.0977. The Morgan fingerprint density at radius 2 is 2.00 bits per heavy atom. The molecule has 0 bridgehead atoms. The number of hydrogen-bond donors (Lipinski definition) is 1. The maximum atomic E-state index is 12.3. The molecule has 0 spiro atoms. The van der Waals surface area contributed by atoms with Gasteiger partial charge < -0.3 is 5.32 Å². The first kappa shape index (κ1) is 16.2. The smallest absolute Gasteiger partial charge is 0.256 e. The Hall–Kier alpha value is -1.13. The highest BCUT2D eigenvalue weighted by Crippen LogP contribution is 2.20. The molecular weight excluding hydrogens is 394 g/mol. The monoisotopic (exact) mass is 409 g/mol. The van der Waals surface area contributed by atoms with Gasteiger partial charge in [-0.05, 0) is 71.1 Å². The van der Waals surface area contributed by atoms with Crippen molar-refractivity contribution in [3.8, 4) is 0 Å². The van der Waals surface area contributed by atoms with Gasteiger partial charge in [0.05, 0.1) is 5.56 Å². The van der Waals surface area contributed by atoms with E-state index < -0.39 is 0 Å². The molecule has 2 aromatic carbocycles. The van der Waals surface area contributed by atoms with E-state index in [0.717, 1.165) is 33.9 Å². The van der Waals surface area contributed by atoms with E-state index in [2.05, 4.69) is 43.2 Å². The maximum Gasteiger partial charge on any atom is 0.256 e. The van der Waals surface area contributed by atoms with E-state index >= 15 is 0 Å². The zero-order valence-electron chi connectivity index (χ0n) is 11.8. The molecule has 0 atom stereocenters. The van der Waals surface area contributed by atoms with Gasteiger partial charge in [-0.15, -0.1) is 0 Å². The molecule has 1 amide bonds. The largest absolute Gasteiger partial charge is 0.322 e. The lowest BCUT2D eigenvalue weighted by molar-refractivity contribution is 0.102. The van der Waals surface area contributed by atoms with Crippen molar-refractivity contribution >= 4 is 43.5 Å². The molecule has 21 heavy (non-hydrogen) atoms. The molecule has 0 heterocycles. The van der Waals surface area contributed by atoms with E-state index in [1.165, 1.54) is 5.56 Å². The Morgan fingerprint density at radius 1 is 1.19 bits per heavy atom. The van der Waals surface area contributed by atoms with Gasteiger partial charge in [0.2, 0.25) is 0 Å². The van der Waals surface area contributed by atoms with Crippen LogP contribution in [-0.4, -0.2) is 11.2 Å². The van der Waals surface area contributed by atoms with Gasteiger partial charge in [0, 0.05) is 15.5 Å². The van der Waals surface area contributed by atoms with Crippen LogP contribution in [0.3, 0.4) is 0 Å². The Labute approximate surface area is 142 Å². The molecule has 0 aromatic heterocycles. The summed E-state index contributed by atoms with van der Waals surface area (Å²) in [7, 11) is 0. The van der Waals surface area contributed by atoms with E-state index in [0.29, 0.717) is 5.56 Å². The summed E-state index contributed by atoms with van der Waals surface area (Å²) in [5.74, 6) is -0.0977. The summed E-state index contributed by atoms with van der Waals surface area (Å²) in [6.45, 7) is 2.00. The van der Waals surface area contributed by atoms with Gasteiger partial charge in [-0.2, -0.15) is 0 Å². The van der Waals surface area contributed by atoms with E-state index in [1.54, 1.807) is 0 Å². The summed E-state index contributed by atoms with van der Waals surface area (Å²) in [4.78, 5) is 12.3. The van der Waals surface area contributed by atoms with Gasteiger partial charge in [0.25, 0.3) is 5.91 Å². The number of carbonyl (C=O) groups excluding carboxylic acids is 1. The van der Waals surface area contributed by atoms with Crippen molar-refractivity contribution in [2.45, 2.75) is 19.8 Å². The lowest BCUT2D eigenvalue weighted by Gasteiger charge is -2.09. The highest BCUT2D eigenvalue weighted by molar-refractivity contribution is 9.10. The first-order chi connectivity index (χ1) is 10.1. The zero-order valence-corrected chi connectivity index (χ0v) is 15.0. The van der Waals surface area contributed by atoms with Gasteiger partial charge in [0.15, 0.2) is 0 Å². The molecule has 1 N–H and O–H groups in total. The van der Waals surface area contributed by atoms with Gasteiger partial charge in [-0.1, -0.05) is 34.1 Å².